The summed E-state index contributed by atoms with van der Waals surface area (Å²) in [4.78, 5) is 16.9. The monoisotopic (exact) mass is 399 g/mol. The third kappa shape index (κ3) is 5.72. The van der Waals surface area contributed by atoms with Crippen molar-refractivity contribution >= 4 is 35.0 Å². The molecule has 0 aliphatic heterocycles. The predicted octanol–water partition coefficient (Wildman–Crippen LogP) is 5.39. The van der Waals surface area contributed by atoms with E-state index in [0.29, 0.717) is 22.8 Å². The molecule has 0 saturated carbocycles. The number of nitriles is 1. The van der Waals surface area contributed by atoms with Crippen molar-refractivity contribution in [3.63, 3.8) is 0 Å². The number of benzene rings is 1. The number of nitrogens with zero attached hydrogens (tertiary/aromatic N) is 2. The van der Waals surface area contributed by atoms with Gasteiger partial charge in [-0.25, -0.2) is 4.98 Å². The van der Waals surface area contributed by atoms with E-state index in [1.165, 1.54) is 30.2 Å². The molecule has 27 heavy (non-hydrogen) atoms. The Bertz CT molecular complexity index is 846. The first-order chi connectivity index (χ1) is 13.2. The maximum atomic E-state index is 12.1. The highest BCUT2D eigenvalue weighted by atomic mass is 35.5. The zero-order valence-electron chi connectivity index (χ0n) is 15.1. The van der Waals surface area contributed by atoms with Crippen molar-refractivity contribution < 1.29 is 4.79 Å². The van der Waals surface area contributed by atoms with E-state index in [2.05, 4.69) is 11.4 Å². The second kappa shape index (κ2) is 9.77. The number of thioether (sulfide) groups is 1. The first-order valence-corrected chi connectivity index (χ1v) is 10.6. The van der Waals surface area contributed by atoms with E-state index in [9.17, 15) is 10.1 Å². The Labute approximate surface area is 169 Å². The van der Waals surface area contributed by atoms with Gasteiger partial charge in [0.15, 0.2) is 0 Å². The Hall–Kier alpha value is -2.03. The number of halogens is 1. The molecule has 2 aromatic rings. The number of fused-ring (bicyclic) bond motifs is 1. The Morgan fingerprint density at radius 2 is 1.93 bits per heavy atom. The average Bonchev–Trinajstić information content (AvgIpc) is 2.64. The summed E-state index contributed by atoms with van der Waals surface area (Å²) in [6, 6.07) is 11.3. The molecule has 1 heterocycles. The molecule has 3 rings (SSSR count). The summed E-state index contributed by atoms with van der Waals surface area (Å²) in [6.45, 7) is 0. The molecule has 1 aliphatic carbocycles. The summed E-state index contributed by atoms with van der Waals surface area (Å²) >= 11 is 7.33. The zero-order valence-corrected chi connectivity index (χ0v) is 16.7. The van der Waals surface area contributed by atoms with Gasteiger partial charge >= 0.3 is 0 Å². The first kappa shape index (κ1) is 19.7. The van der Waals surface area contributed by atoms with Crippen LogP contribution in [0.2, 0.25) is 5.02 Å². The number of hydrogen-bond acceptors (Lipinski definition) is 4. The number of aromatic nitrogens is 1. The summed E-state index contributed by atoms with van der Waals surface area (Å²) in [5.41, 5.74) is 3.70. The number of hydrogen-bond donors (Lipinski definition) is 1. The second-order valence-electron chi connectivity index (χ2n) is 6.63. The molecular weight excluding hydrogens is 378 g/mol. The van der Waals surface area contributed by atoms with Gasteiger partial charge in [-0.2, -0.15) is 5.26 Å². The van der Waals surface area contributed by atoms with Gasteiger partial charge in [0.1, 0.15) is 11.1 Å². The van der Waals surface area contributed by atoms with Crippen LogP contribution in [0.15, 0.2) is 35.4 Å². The minimum absolute atomic E-state index is 0.0606. The minimum atomic E-state index is -0.0606. The molecule has 4 nitrogen and oxygen atoms in total. The SMILES string of the molecule is N#Cc1cc2c(nc1SCCC(=O)Nc1ccc(Cl)cc1)CCCCCC2. The van der Waals surface area contributed by atoms with Crippen molar-refractivity contribution in [3.05, 3.63) is 52.2 Å². The smallest absolute Gasteiger partial charge is 0.225 e. The van der Waals surface area contributed by atoms with E-state index in [1.807, 2.05) is 6.07 Å². The van der Waals surface area contributed by atoms with Gasteiger partial charge in [0.05, 0.1) is 5.56 Å². The number of carbonyl (C=O) groups excluding carboxylic acids is 1. The lowest BCUT2D eigenvalue weighted by atomic mass is 9.96. The fourth-order valence-electron chi connectivity index (χ4n) is 3.16. The van der Waals surface area contributed by atoms with Gasteiger partial charge in [-0.1, -0.05) is 24.4 Å². The number of aryl methyl sites for hydroxylation is 2. The molecule has 0 atom stereocenters. The molecule has 0 saturated heterocycles. The van der Waals surface area contributed by atoms with Crippen molar-refractivity contribution in [1.29, 1.82) is 5.26 Å². The van der Waals surface area contributed by atoms with Crippen molar-refractivity contribution in [2.75, 3.05) is 11.1 Å². The lowest BCUT2D eigenvalue weighted by molar-refractivity contribution is -0.115. The summed E-state index contributed by atoms with van der Waals surface area (Å²) < 4.78 is 0. The van der Waals surface area contributed by atoms with Crippen LogP contribution in [0.25, 0.3) is 0 Å². The Morgan fingerprint density at radius 1 is 1.19 bits per heavy atom. The van der Waals surface area contributed by atoms with Crippen LogP contribution in [0.4, 0.5) is 5.69 Å². The number of amides is 1. The van der Waals surface area contributed by atoms with Crippen LogP contribution in [-0.2, 0) is 17.6 Å². The van der Waals surface area contributed by atoms with E-state index >= 15 is 0 Å². The normalized spacial score (nSPS) is 13.8. The van der Waals surface area contributed by atoms with Gasteiger partial charge in [-0.3, -0.25) is 4.79 Å². The number of rotatable bonds is 5. The fraction of sp³-hybridized carbons (Fsp3) is 0.381. The van der Waals surface area contributed by atoms with E-state index in [0.717, 1.165) is 42.1 Å². The third-order valence-electron chi connectivity index (χ3n) is 4.58. The molecule has 140 valence electrons. The number of carbonyl (C=O) groups is 1. The highest BCUT2D eigenvalue weighted by Crippen LogP contribution is 2.27. The van der Waals surface area contributed by atoms with Gasteiger partial charge in [0, 0.05) is 28.6 Å². The molecule has 1 aromatic carbocycles. The topological polar surface area (TPSA) is 65.8 Å². The van der Waals surface area contributed by atoms with Crippen LogP contribution >= 0.6 is 23.4 Å². The summed E-state index contributed by atoms with van der Waals surface area (Å²) in [5.74, 6) is 0.523. The fourth-order valence-corrected chi connectivity index (χ4v) is 4.20. The molecule has 0 bridgehead atoms. The van der Waals surface area contributed by atoms with E-state index in [-0.39, 0.29) is 5.91 Å². The largest absolute Gasteiger partial charge is 0.326 e. The van der Waals surface area contributed by atoms with Gasteiger partial charge in [0.2, 0.25) is 5.91 Å². The van der Waals surface area contributed by atoms with E-state index < -0.39 is 0 Å². The number of anilines is 1. The van der Waals surface area contributed by atoms with Crippen molar-refractivity contribution in [1.82, 2.24) is 4.98 Å². The molecule has 1 aliphatic rings. The Balaban J connectivity index is 1.59. The minimum Gasteiger partial charge on any atom is -0.326 e. The maximum Gasteiger partial charge on any atom is 0.225 e. The summed E-state index contributed by atoms with van der Waals surface area (Å²) in [6.07, 6.45) is 7.15. The molecule has 0 fully saturated rings. The molecule has 1 N–H and O–H groups in total. The van der Waals surface area contributed by atoms with Gasteiger partial charge in [-0.05, 0) is 61.6 Å². The molecule has 6 heteroatoms. The third-order valence-corrected chi connectivity index (χ3v) is 5.83. The zero-order chi connectivity index (χ0) is 19.1. The summed E-state index contributed by atoms with van der Waals surface area (Å²) in [5, 5.41) is 13.7. The Kier molecular flexibility index (Phi) is 7.14. The van der Waals surface area contributed by atoms with Crippen LogP contribution < -0.4 is 5.32 Å². The first-order valence-electron chi connectivity index (χ1n) is 9.27. The van der Waals surface area contributed by atoms with Crippen LogP contribution in [-0.4, -0.2) is 16.6 Å². The second-order valence-corrected chi connectivity index (χ2v) is 8.15. The predicted molar refractivity (Wildman–Crippen MR) is 110 cm³/mol. The van der Waals surface area contributed by atoms with Crippen LogP contribution in [0.5, 0.6) is 0 Å². The van der Waals surface area contributed by atoms with Gasteiger partial charge in [-0.15, -0.1) is 11.8 Å². The number of pyridine rings is 1. The van der Waals surface area contributed by atoms with Crippen LogP contribution in [0.1, 0.15) is 48.9 Å². The van der Waals surface area contributed by atoms with Gasteiger partial charge < -0.3 is 5.32 Å². The van der Waals surface area contributed by atoms with Crippen molar-refractivity contribution in [2.24, 2.45) is 0 Å². The molecule has 1 aromatic heterocycles. The van der Waals surface area contributed by atoms with E-state index in [1.54, 1.807) is 24.3 Å². The van der Waals surface area contributed by atoms with Gasteiger partial charge in [0.25, 0.3) is 0 Å². The van der Waals surface area contributed by atoms with Crippen LogP contribution in [0.3, 0.4) is 0 Å². The summed E-state index contributed by atoms with van der Waals surface area (Å²) in [7, 11) is 0. The highest BCUT2D eigenvalue weighted by Gasteiger charge is 2.14. The maximum absolute atomic E-state index is 12.1. The molecule has 0 unspecified atom stereocenters. The van der Waals surface area contributed by atoms with E-state index in [4.69, 9.17) is 16.6 Å². The molecular formula is C21H22ClN3OS. The van der Waals surface area contributed by atoms with Crippen LogP contribution in [0, 0.1) is 11.3 Å². The molecule has 1 amide bonds. The Morgan fingerprint density at radius 3 is 2.67 bits per heavy atom. The lowest BCUT2D eigenvalue weighted by Crippen LogP contribution is -2.12. The highest BCUT2D eigenvalue weighted by molar-refractivity contribution is 7.99. The van der Waals surface area contributed by atoms with Crippen molar-refractivity contribution in [2.45, 2.75) is 50.0 Å². The van der Waals surface area contributed by atoms with Crippen molar-refractivity contribution in [3.8, 4) is 6.07 Å². The number of nitrogens with one attached hydrogen (secondary N) is 1. The average molecular weight is 400 g/mol. The standard InChI is InChI=1S/C21H22ClN3OS/c22-17-7-9-18(10-8-17)24-20(26)11-12-27-21-16(14-23)13-15-5-3-1-2-4-6-19(15)25-21/h7-10,13H,1-6,11-12H2,(H,24,26). The molecule has 0 spiro atoms. The molecule has 0 radical (unpaired) electrons. The lowest BCUT2D eigenvalue weighted by Gasteiger charge is -2.15. The quantitative estimate of drug-likeness (QED) is 0.685.